The van der Waals surface area contributed by atoms with Crippen LogP contribution in [-0.4, -0.2) is 38.4 Å². The smallest absolute Gasteiger partial charge is 0.179 e. The van der Waals surface area contributed by atoms with Crippen LogP contribution in [0, 0.1) is 13.8 Å². The van der Waals surface area contributed by atoms with E-state index in [0.717, 1.165) is 36.8 Å². The van der Waals surface area contributed by atoms with Crippen molar-refractivity contribution < 1.29 is 18.9 Å². The van der Waals surface area contributed by atoms with Crippen molar-refractivity contribution in [1.29, 1.82) is 0 Å². The molecule has 2 N–H and O–H groups in total. The van der Waals surface area contributed by atoms with E-state index >= 15 is 0 Å². The van der Waals surface area contributed by atoms with E-state index in [4.69, 9.17) is 42.1 Å². The lowest BCUT2D eigenvalue weighted by atomic mass is 9.83. The molecule has 6 aromatic rings. The zero-order valence-corrected chi connectivity index (χ0v) is 32.5. The molecule has 8 heteroatoms. The van der Waals surface area contributed by atoms with Gasteiger partial charge >= 0.3 is 0 Å². The first-order chi connectivity index (χ1) is 25.2. The number of benzene rings is 4. The zero-order chi connectivity index (χ0) is 36.5. The summed E-state index contributed by atoms with van der Waals surface area (Å²) in [6, 6.07) is 21.3. The highest BCUT2D eigenvalue weighted by Gasteiger charge is 2.28. The lowest BCUT2D eigenvalue weighted by Crippen LogP contribution is -2.12. The van der Waals surface area contributed by atoms with Crippen molar-refractivity contribution in [2.45, 2.75) is 77.0 Å². The van der Waals surface area contributed by atoms with Crippen molar-refractivity contribution in [2.75, 3.05) is 28.4 Å². The van der Waals surface area contributed by atoms with Gasteiger partial charge in [-0.1, -0.05) is 58.6 Å². The van der Waals surface area contributed by atoms with Crippen LogP contribution in [0.2, 0.25) is 10.0 Å². The van der Waals surface area contributed by atoms with Gasteiger partial charge in [-0.2, -0.15) is 0 Å². The van der Waals surface area contributed by atoms with E-state index in [1.165, 1.54) is 81.1 Å². The van der Waals surface area contributed by atoms with E-state index in [0.29, 0.717) is 44.9 Å². The van der Waals surface area contributed by atoms with E-state index in [2.05, 4.69) is 72.3 Å². The largest absolute Gasteiger partial charge is 0.493 e. The predicted octanol–water partition coefficient (Wildman–Crippen LogP) is 11.6. The van der Waals surface area contributed by atoms with E-state index in [1.54, 1.807) is 28.4 Å². The summed E-state index contributed by atoms with van der Waals surface area (Å²) in [5.74, 6) is 3.48. The number of methoxy groups -OCH3 is 4. The van der Waals surface area contributed by atoms with Gasteiger partial charge in [-0.05, 0) is 124 Å². The molecule has 2 aliphatic carbocycles. The van der Waals surface area contributed by atoms with Crippen LogP contribution >= 0.6 is 23.2 Å². The van der Waals surface area contributed by atoms with Gasteiger partial charge in [-0.3, -0.25) is 0 Å². The maximum absolute atomic E-state index is 6.62. The molecule has 52 heavy (non-hydrogen) atoms. The molecule has 2 aliphatic rings. The van der Waals surface area contributed by atoms with Gasteiger partial charge < -0.3 is 28.9 Å². The lowest BCUT2D eigenvalue weighted by Gasteiger charge is -2.24. The van der Waals surface area contributed by atoms with Gasteiger partial charge in [0.1, 0.15) is 0 Å². The van der Waals surface area contributed by atoms with Gasteiger partial charge in [-0.25, -0.2) is 0 Å². The lowest BCUT2D eigenvalue weighted by molar-refractivity contribution is 0.354. The van der Waals surface area contributed by atoms with E-state index < -0.39 is 0 Å². The quantitative estimate of drug-likeness (QED) is 0.163. The first-order valence-electron chi connectivity index (χ1n) is 18.2. The Bertz CT molecular complexity index is 2080. The fourth-order valence-corrected chi connectivity index (χ4v) is 9.07. The minimum Gasteiger partial charge on any atom is -0.493 e. The summed E-state index contributed by atoms with van der Waals surface area (Å²) < 4.78 is 21.6. The van der Waals surface area contributed by atoms with E-state index in [1.807, 2.05) is 12.1 Å². The molecule has 0 saturated heterocycles. The van der Waals surface area contributed by atoms with Crippen LogP contribution < -0.4 is 18.9 Å². The molecule has 0 aliphatic heterocycles. The summed E-state index contributed by atoms with van der Waals surface area (Å²) in [5.41, 5.74) is 13.0. The minimum absolute atomic E-state index is 0.446. The van der Waals surface area contributed by atoms with Crippen LogP contribution in [0.5, 0.6) is 23.0 Å². The highest BCUT2D eigenvalue weighted by atomic mass is 35.5. The van der Waals surface area contributed by atoms with Gasteiger partial charge in [0.2, 0.25) is 0 Å². The Balaban J connectivity index is 0.000000162. The van der Waals surface area contributed by atoms with Crippen LogP contribution in [-0.2, 0) is 25.7 Å². The van der Waals surface area contributed by atoms with Gasteiger partial charge in [0.25, 0.3) is 0 Å². The van der Waals surface area contributed by atoms with E-state index in [9.17, 15) is 0 Å². The number of aromatic nitrogens is 2. The van der Waals surface area contributed by atoms with Crippen molar-refractivity contribution in [1.82, 2.24) is 9.97 Å². The monoisotopic (exact) mass is 738 g/mol. The van der Waals surface area contributed by atoms with Crippen molar-refractivity contribution in [2.24, 2.45) is 0 Å². The molecule has 4 aromatic carbocycles. The van der Waals surface area contributed by atoms with Gasteiger partial charge in [-0.15, -0.1) is 0 Å². The van der Waals surface area contributed by atoms with Crippen LogP contribution in [0.3, 0.4) is 0 Å². The Morgan fingerprint density at radius 1 is 0.577 bits per heavy atom. The third kappa shape index (κ3) is 6.83. The molecule has 2 aromatic heterocycles. The number of rotatable bonds is 8. The van der Waals surface area contributed by atoms with Gasteiger partial charge in [0, 0.05) is 45.0 Å². The maximum Gasteiger partial charge on any atom is 0.179 e. The summed E-state index contributed by atoms with van der Waals surface area (Å²) in [7, 11) is 6.53. The molecule has 0 fully saturated rings. The molecule has 0 bridgehead atoms. The molecule has 8 rings (SSSR count). The first-order valence-corrected chi connectivity index (χ1v) is 19.0. The number of aromatic amines is 2. The summed E-state index contributed by atoms with van der Waals surface area (Å²) in [6.45, 7) is 4.31. The molecule has 0 spiro atoms. The summed E-state index contributed by atoms with van der Waals surface area (Å²) >= 11 is 13.2. The van der Waals surface area contributed by atoms with Crippen molar-refractivity contribution in [3.05, 3.63) is 115 Å². The second-order valence-electron chi connectivity index (χ2n) is 14.3. The molecule has 0 radical (unpaired) electrons. The SMILES string of the molecule is COc1ccc(CC2CCCc3c2[nH]c2ccc(C)cc32)c(Cl)c1OC.COc1ccc(CC2CCCc3c2[nH]c2ccc(C)cc32)c(Cl)c1OC. The third-order valence-corrected chi connectivity index (χ3v) is 11.9. The predicted molar refractivity (Wildman–Crippen MR) is 214 cm³/mol. The Morgan fingerprint density at radius 3 is 1.38 bits per heavy atom. The fraction of sp³-hybridized carbons (Fsp3) is 0.364. The summed E-state index contributed by atoms with van der Waals surface area (Å²) in [4.78, 5) is 7.37. The standard InChI is InChI=1S/2C22H24ClNO2/c2*1-13-7-9-18-17(11-13)16-6-4-5-15(21(16)24-18)12-14-8-10-19(25-2)22(26-3)20(14)23/h2*7-11,15,24H,4-6,12H2,1-3H3. The molecule has 272 valence electrons. The number of fused-ring (bicyclic) bond motifs is 6. The molecule has 0 amide bonds. The Hall–Kier alpha value is -4.26. The highest BCUT2D eigenvalue weighted by molar-refractivity contribution is 6.33. The van der Waals surface area contributed by atoms with Crippen molar-refractivity contribution in [3.8, 4) is 23.0 Å². The number of ether oxygens (including phenoxy) is 4. The van der Waals surface area contributed by atoms with Gasteiger partial charge in [0.05, 0.1) is 38.5 Å². The molecule has 6 nitrogen and oxygen atoms in total. The van der Waals surface area contributed by atoms with Gasteiger partial charge in [0.15, 0.2) is 23.0 Å². The molecule has 2 unspecified atom stereocenters. The Labute approximate surface area is 316 Å². The topological polar surface area (TPSA) is 68.5 Å². The average Bonchev–Trinajstić information content (AvgIpc) is 3.72. The average molecular weight is 740 g/mol. The van der Waals surface area contributed by atoms with Crippen molar-refractivity contribution in [3.63, 3.8) is 0 Å². The molecule has 2 heterocycles. The highest BCUT2D eigenvalue weighted by Crippen LogP contribution is 2.44. The normalized spacial score (nSPS) is 16.5. The maximum atomic E-state index is 6.62. The van der Waals surface area contributed by atoms with Crippen LogP contribution in [0.25, 0.3) is 21.8 Å². The minimum atomic E-state index is 0.446. The molecular formula is C44H48Cl2N2O4. The molecule has 2 atom stereocenters. The van der Waals surface area contributed by atoms with Crippen LogP contribution in [0.1, 0.15) is 82.3 Å². The number of halogens is 2. The number of H-pyrrole nitrogens is 2. The molecule has 0 saturated carbocycles. The summed E-state index contributed by atoms with van der Waals surface area (Å²) in [5, 5.41) is 4.07. The number of aryl methyl sites for hydroxylation is 4. The fourth-order valence-electron chi connectivity index (χ4n) is 8.45. The molecular weight excluding hydrogens is 691 g/mol. The number of hydrogen-bond donors (Lipinski definition) is 2. The zero-order valence-electron chi connectivity index (χ0n) is 31.0. The third-order valence-electron chi connectivity index (χ3n) is 11.0. The second-order valence-corrected chi connectivity index (χ2v) is 15.0. The Kier molecular flexibility index (Phi) is 10.7. The van der Waals surface area contributed by atoms with E-state index in [-0.39, 0.29) is 0 Å². The first kappa shape index (κ1) is 36.1. The summed E-state index contributed by atoms with van der Waals surface area (Å²) in [6.07, 6.45) is 8.86. The van der Waals surface area contributed by atoms with Crippen LogP contribution in [0.4, 0.5) is 0 Å². The number of hydrogen-bond acceptors (Lipinski definition) is 4. The van der Waals surface area contributed by atoms with Crippen LogP contribution in [0.15, 0.2) is 60.7 Å². The Morgan fingerprint density at radius 2 is 1.00 bits per heavy atom. The van der Waals surface area contributed by atoms with Crippen molar-refractivity contribution >= 4 is 45.0 Å². The number of nitrogens with one attached hydrogen (secondary N) is 2. The second kappa shape index (κ2) is 15.4.